The van der Waals surface area contributed by atoms with E-state index in [0.29, 0.717) is 28.2 Å². The monoisotopic (exact) mass is 395 g/mol. The summed E-state index contributed by atoms with van der Waals surface area (Å²) in [6.45, 7) is 0.287. The average molecular weight is 396 g/mol. The molecule has 2 aromatic carbocycles. The number of anilines is 2. The van der Waals surface area contributed by atoms with Gasteiger partial charge < -0.3 is 14.5 Å². The maximum atomic E-state index is 14.9. The highest BCUT2D eigenvalue weighted by atomic mass is 35.5. The largest absolute Gasteiger partial charge is 0.488 e. The van der Waals surface area contributed by atoms with Crippen molar-refractivity contribution in [1.29, 1.82) is 0 Å². The lowest BCUT2D eigenvalue weighted by Crippen LogP contribution is -2.01. The van der Waals surface area contributed by atoms with Crippen LogP contribution in [0.3, 0.4) is 0 Å². The van der Waals surface area contributed by atoms with E-state index in [1.165, 1.54) is 24.7 Å². The topological polar surface area (TPSA) is 60.2 Å². The van der Waals surface area contributed by atoms with Crippen LogP contribution in [-0.4, -0.2) is 9.97 Å². The lowest BCUT2D eigenvalue weighted by atomic mass is 10.1. The van der Waals surface area contributed by atoms with Crippen LogP contribution in [0.1, 0.15) is 5.56 Å². The molecule has 5 nitrogen and oxygen atoms in total. The van der Waals surface area contributed by atoms with E-state index < -0.39 is 5.82 Å². The molecular formula is C21H15ClFN3O2. The average Bonchev–Trinajstić information content (AvgIpc) is 3.23. The molecule has 0 unspecified atom stereocenters. The molecule has 4 aromatic rings. The molecule has 0 bridgehead atoms. The van der Waals surface area contributed by atoms with Crippen molar-refractivity contribution in [3.05, 3.63) is 89.7 Å². The van der Waals surface area contributed by atoms with Crippen molar-refractivity contribution in [1.82, 2.24) is 9.97 Å². The molecule has 0 radical (unpaired) electrons. The van der Waals surface area contributed by atoms with E-state index in [1.54, 1.807) is 18.2 Å². The molecule has 0 spiro atoms. The Balaban J connectivity index is 1.67. The van der Waals surface area contributed by atoms with Gasteiger partial charge in [-0.1, -0.05) is 41.9 Å². The number of furan rings is 1. The Morgan fingerprint density at radius 2 is 1.82 bits per heavy atom. The second-order valence-corrected chi connectivity index (χ2v) is 6.37. The molecule has 0 aliphatic heterocycles. The summed E-state index contributed by atoms with van der Waals surface area (Å²) in [5.74, 6) is 0.533. The predicted octanol–water partition coefficient (Wildman–Crippen LogP) is 5.85. The molecule has 0 amide bonds. The van der Waals surface area contributed by atoms with Crippen molar-refractivity contribution in [2.24, 2.45) is 0 Å². The number of aromatic nitrogens is 2. The minimum absolute atomic E-state index is 0.253. The van der Waals surface area contributed by atoms with Crippen molar-refractivity contribution >= 4 is 23.2 Å². The summed E-state index contributed by atoms with van der Waals surface area (Å²) in [6, 6.07) is 16.0. The fourth-order valence-corrected chi connectivity index (χ4v) is 2.77. The van der Waals surface area contributed by atoms with Crippen molar-refractivity contribution in [2.45, 2.75) is 6.61 Å². The maximum absolute atomic E-state index is 14.9. The third kappa shape index (κ3) is 4.13. The zero-order chi connectivity index (χ0) is 19.3. The highest BCUT2D eigenvalue weighted by molar-refractivity contribution is 6.30. The standard InChI is InChI=1S/C21H15ClFN3O2/c22-15-11-24-21(25-12-15)26-16-9-17(23)20(18-7-4-8-27-18)19(10-16)28-13-14-5-2-1-3-6-14/h1-12H,13H2,(H,24,25,26). The van der Waals surface area contributed by atoms with Gasteiger partial charge >= 0.3 is 0 Å². The normalized spacial score (nSPS) is 10.6. The summed E-state index contributed by atoms with van der Waals surface area (Å²) >= 11 is 5.80. The van der Waals surface area contributed by atoms with Crippen molar-refractivity contribution < 1.29 is 13.5 Å². The summed E-state index contributed by atoms with van der Waals surface area (Å²) in [7, 11) is 0. The fraction of sp³-hybridized carbons (Fsp3) is 0.0476. The minimum atomic E-state index is -0.489. The van der Waals surface area contributed by atoms with Crippen LogP contribution in [0.15, 0.2) is 77.7 Å². The third-order valence-corrected chi connectivity index (χ3v) is 4.13. The molecule has 0 saturated carbocycles. The number of hydrogen-bond donors (Lipinski definition) is 1. The van der Waals surface area contributed by atoms with Gasteiger partial charge in [0, 0.05) is 11.8 Å². The minimum Gasteiger partial charge on any atom is -0.488 e. The van der Waals surface area contributed by atoms with Crippen LogP contribution in [0, 0.1) is 5.82 Å². The molecular weight excluding hydrogens is 381 g/mol. The van der Waals surface area contributed by atoms with Crippen LogP contribution in [-0.2, 0) is 6.61 Å². The van der Waals surface area contributed by atoms with Gasteiger partial charge in [-0.2, -0.15) is 0 Å². The molecule has 4 rings (SSSR count). The van der Waals surface area contributed by atoms with E-state index in [1.807, 2.05) is 30.3 Å². The number of rotatable bonds is 6. The van der Waals surface area contributed by atoms with Crippen LogP contribution in [0.2, 0.25) is 5.02 Å². The number of ether oxygens (including phenoxy) is 1. The molecule has 7 heteroatoms. The van der Waals surface area contributed by atoms with Crippen LogP contribution in [0.5, 0.6) is 5.75 Å². The maximum Gasteiger partial charge on any atom is 0.227 e. The second-order valence-electron chi connectivity index (χ2n) is 5.93. The van der Waals surface area contributed by atoms with Crippen LogP contribution in [0.4, 0.5) is 16.0 Å². The van der Waals surface area contributed by atoms with Crippen molar-refractivity contribution in [2.75, 3.05) is 5.32 Å². The first-order valence-corrected chi connectivity index (χ1v) is 8.85. The van der Waals surface area contributed by atoms with Crippen molar-refractivity contribution in [3.8, 4) is 17.1 Å². The molecule has 1 N–H and O–H groups in total. The highest BCUT2D eigenvalue weighted by Gasteiger charge is 2.17. The molecule has 0 aliphatic carbocycles. The Morgan fingerprint density at radius 3 is 2.54 bits per heavy atom. The summed E-state index contributed by atoms with van der Waals surface area (Å²) in [5.41, 5.74) is 1.66. The van der Waals surface area contributed by atoms with Crippen LogP contribution >= 0.6 is 11.6 Å². The van der Waals surface area contributed by atoms with E-state index in [-0.39, 0.29) is 12.2 Å². The van der Waals surface area contributed by atoms with Gasteiger partial charge in [0.2, 0.25) is 5.95 Å². The molecule has 140 valence electrons. The van der Waals surface area contributed by atoms with Gasteiger partial charge in [-0.3, -0.25) is 0 Å². The van der Waals surface area contributed by atoms with Gasteiger partial charge in [-0.05, 0) is 23.8 Å². The smallest absolute Gasteiger partial charge is 0.227 e. The first kappa shape index (κ1) is 18.0. The number of hydrogen-bond acceptors (Lipinski definition) is 5. The lowest BCUT2D eigenvalue weighted by molar-refractivity contribution is 0.305. The molecule has 2 heterocycles. The second kappa shape index (κ2) is 8.10. The molecule has 0 atom stereocenters. The molecule has 2 aromatic heterocycles. The fourth-order valence-electron chi connectivity index (χ4n) is 2.67. The predicted molar refractivity (Wildman–Crippen MR) is 105 cm³/mol. The number of nitrogens with zero attached hydrogens (tertiary/aromatic N) is 2. The third-order valence-electron chi connectivity index (χ3n) is 3.94. The van der Waals surface area contributed by atoms with E-state index in [9.17, 15) is 4.39 Å². The van der Waals surface area contributed by atoms with Gasteiger partial charge in [0.05, 0.1) is 29.2 Å². The first-order chi connectivity index (χ1) is 13.7. The zero-order valence-corrected chi connectivity index (χ0v) is 15.4. The van der Waals surface area contributed by atoms with Gasteiger partial charge in [0.1, 0.15) is 23.9 Å². The van der Waals surface area contributed by atoms with E-state index in [0.717, 1.165) is 5.56 Å². The quantitative estimate of drug-likeness (QED) is 0.443. The summed E-state index contributed by atoms with van der Waals surface area (Å²) in [4.78, 5) is 8.13. The van der Waals surface area contributed by atoms with E-state index in [4.69, 9.17) is 20.8 Å². The summed E-state index contributed by atoms with van der Waals surface area (Å²) in [6.07, 6.45) is 4.40. The van der Waals surface area contributed by atoms with Crippen molar-refractivity contribution in [3.63, 3.8) is 0 Å². The Kier molecular flexibility index (Phi) is 5.21. The van der Waals surface area contributed by atoms with Gasteiger partial charge in [-0.15, -0.1) is 0 Å². The van der Waals surface area contributed by atoms with Crippen LogP contribution in [0.25, 0.3) is 11.3 Å². The lowest BCUT2D eigenvalue weighted by Gasteiger charge is -2.14. The Hall–Kier alpha value is -3.38. The SMILES string of the molecule is Fc1cc(Nc2ncc(Cl)cn2)cc(OCc2ccccc2)c1-c1ccco1. The number of halogens is 2. The first-order valence-electron chi connectivity index (χ1n) is 8.48. The van der Waals surface area contributed by atoms with Gasteiger partial charge in [0.25, 0.3) is 0 Å². The van der Waals surface area contributed by atoms with Gasteiger partial charge in [0.15, 0.2) is 0 Å². The van der Waals surface area contributed by atoms with E-state index >= 15 is 0 Å². The molecule has 0 saturated heterocycles. The number of nitrogens with one attached hydrogen (secondary N) is 1. The molecule has 0 aliphatic rings. The Bertz CT molecular complexity index is 1060. The Morgan fingerprint density at radius 1 is 1.04 bits per heavy atom. The molecule has 28 heavy (non-hydrogen) atoms. The number of benzene rings is 2. The molecule has 0 fully saturated rings. The zero-order valence-electron chi connectivity index (χ0n) is 14.6. The highest BCUT2D eigenvalue weighted by Crippen LogP contribution is 2.36. The van der Waals surface area contributed by atoms with Crippen LogP contribution < -0.4 is 10.1 Å². The van der Waals surface area contributed by atoms with E-state index in [2.05, 4.69) is 15.3 Å². The Labute approximate surface area is 165 Å². The van der Waals surface area contributed by atoms with Gasteiger partial charge in [-0.25, -0.2) is 14.4 Å². The summed E-state index contributed by atoms with van der Waals surface area (Å²) < 4.78 is 26.2. The summed E-state index contributed by atoms with van der Waals surface area (Å²) in [5, 5.41) is 3.37.